The molecule has 1 unspecified atom stereocenters. The fraction of sp³-hybridized carbons (Fsp3) is 0.400. The van der Waals surface area contributed by atoms with Gasteiger partial charge in [-0.25, -0.2) is 0 Å². The van der Waals surface area contributed by atoms with E-state index in [0.29, 0.717) is 17.4 Å². The van der Waals surface area contributed by atoms with Crippen LogP contribution in [0.4, 0.5) is 0 Å². The van der Waals surface area contributed by atoms with E-state index >= 15 is 0 Å². The van der Waals surface area contributed by atoms with Gasteiger partial charge in [-0.2, -0.15) is 0 Å². The Kier molecular flexibility index (Phi) is 4.84. The van der Waals surface area contributed by atoms with E-state index in [-0.39, 0.29) is 6.04 Å². The molecule has 0 spiro atoms. The Balaban J connectivity index is 2.99. The molecule has 0 saturated carbocycles. The minimum atomic E-state index is -0.109. The van der Waals surface area contributed by atoms with E-state index in [2.05, 4.69) is 5.43 Å². The van der Waals surface area contributed by atoms with Crippen molar-refractivity contribution in [2.45, 2.75) is 6.04 Å². The molecular formula is C10H15ClN2O2. The van der Waals surface area contributed by atoms with Crippen molar-refractivity contribution >= 4 is 11.6 Å². The van der Waals surface area contributed by atoms with Crippen molar-refractivity contribution in [2.24, 2.45) is 5.84 Å². The van der Waals surface area contributed by atoms with Crippen LogP contribution in [0.3, 0.4) is 0 Å². The number of benzene rings is 1. The second-order valence-corrected chi connectivity index (χ2v) is 3.50. The van der Waals surface area contributed by atoms with Crippen LogP contribution in [0.25, 0.3) is 0 Å². The standard InChI is InChI=1S/C10H15ClN2O2/c1-14-6-9(13-12)8-4-3-7(11)5-10(8)15-2/h3-5,9,13H,6,12H2,1-2H3. The third-order valence-corrected chi connectivity index (χ3v) is 2.34. The predicted molar refractivity (Wildman–Crippen MR) is 59.9 cm³/mol. The summed E-state index contributed by atoms with van der Waals surface area (Å²) in [4.78, 5) is 0. The van der Waals surface area contributed by atoms with Gasteiger partial charge in [0, 0.05) is 17.7 Å². The van der Waals surface area contributed by atoms with Crippen molar-refractivity contribution in [3.8, 4) is 5.75 Å². The molecule has 0 radical (unpaired) electrons. The van der Waals surface area contributed by atoms with Crippen LogP contribution in [-0.2, 0) is 4.74 Å². The Bertz CT molecular complexity index is 320. The van der Waals surface area contributed by atoms with E-state index in [9.17, 15) is 0 Å². The van der Waals surface area contributed by atoms with Gasteiger partial charge in [0.25, 0.3) is 0 Å². The highest BCUT2D eigenvalue weighted by atomic mass is 35.5. The van der Waals surface area contributed by atoms with Gasteiger partial charge in [-0.15, -0.1) is 0 Å². The van der Waals surface area contributed by atoms with E-state index in [1.807, 2.05) is 6.07 Å². The second kappa shape index (κ2) is 5.92. The third-order valence-electron chi connectivity index (χ3n) is 2.11. The lowest BCUT2D eigenvalue weighted by molar-refractivity contribution is 0.166. The van der Waals surface area contributed by atoms with Crippen molar-refractivity contribution < 1.29 is 9.47 Å². The molecule has 1 atom stereocenters. The molecule has 1 aromatic carbocycles. The number of ether oxygens (including phenoxy) is 2. The maximum Gasteiger partial charge on any atom is 0.125 e. The molecule has 0 aliphatic rings. The van der Waals surface area contributed by atoms with Crippen LogP contribution >= 0.6 is 11.6 Å². The highest BCUT2D eigenvalue weighted by Crippen LogP contribution is 2.28. The fourth-order valence-electron chi connectivity index (χ4n) is 1.37. The van der Waals surface area contributed by atoms with Gasteiger partial charge in [-0.1, -0.05) is 17.7 Å². The molecule has 0 amide bonds. The van der Waals surface area contributed by atoms with Gasteiger partial charge in [0.1, 0.15) is 5.75 Å². The lowest BCUT2D eigenvalue weighted by Gasteiger charge is -2.18. The molecule has 1 aromatic rings. The minimum Gasteiger partial charge on any atom is -0.496 e. The molecule has 1 rings (SSSR count). The van der Waals surface area contributed by atoms with E-state index in [1.165, 1.54) is 0 Å². The fourth-order valence-corrected chi connectivity index (χ4v) is 1.53. The molecule has 0 heterocycles. The van der Waals surface area contributed by atoms with Gasteiger partial charge in [-0.05, 0) is 12.1 Å². The lowest BCUT2D eigenvalue weighted by atomic mass is 10.1. The summed E-state index contributed by atoms with van der Waals surface area (Å²) in [7, 11) is 3.21. The number of methoxy groups -OCH3 is 2. The molecule has 3 N–H and O–H groups in total. The van der Waals surface area contributed by atoms with Crippen LogP contribution in [0.2, 0.25) is 5.02 Å². The molecule has 15 heavy (non-hydrogen) atoms. The Morgan fingerprint density at radius 1 is 1.47 bits per heavy atom. The minimum absolute atomic E-state index is 0.109. The first-order valence-corrected chi connectivity index (χ1v) is 4.89. The molecular weight excluding hydrogens is 216 g/mol. The zero-order valence-electron chi connectivity index (χ0n) is 8.79. The van der Waals surface area contributed by atoms with Crippen LogP contribution in [0.5, 0.6) is 5.75 Å². The van der Waals surface area contributed by atoms with Crippen LogP contribution < -0.4 is 16.0 Å². The first-order valence-electron chi connectivity index (χ1n) is 4.51. The van der Waals surface area contributed by atoms with Crippen molar-refractivity contribution in [3.05, 3.63) is 28.8 Å². The van der Waals surface area contributed by atoms with Gasteiger partial charge >= 0.3 is 0 Å². The summed E-state index contributed by atoms with van der Waals surface area (Å²) < 4.78 is 10.3. The number of rotatable bonds is 5. The molecule has 5 heteroatoms. The summed E-state index contributed by atoms with van der Waals surface area (Å²) >= 11 is 5.86. The Hall–Kier alpha value is -0.810. The monoisotopic (exact) mass is 230 g/mol. The molecule has 0 fully saturated rings. The highest BCUT2D eigenvalue weighted by Gasteiger charge is 2.14. The highest BCUT2D eigenvalue weighted by molar-refractivity contribution is 6.30. The van der Waals surface area contributed by atoms with Crippen LogP contribution in [-0.4, -0.2) is 20.8 Å². The van der Waals surface area contributed by atoms with Crippen LogP contribution in [0.15, 0.2) is 18.2 Å². The summed E-state index contributed by atoms with van der Waals surface area (Å²) in [6.45, 7) is 0.467. The van der Waals surface area contributed by atoms with Crippen molar-refractivity contribution in [3.63, 3.8) is 0 Å². The Morgan fingerprint density at radius 2 is 2.20 bits per heavy atom. The third kappa shape index (κ3) is 3.07. The lowest BCUT2D eigenvalue weighted by Crippen LogP contribution is -2.31. The number of hydrogen-bond donors (Lipinski definition) is 2. The summed E-state index contributed by atoms with van der Waals surface area (Å²) in [6.07, 6.45) is 0. The SMILES string of the molecule is COCC(NN)c1ccc(Cl)cc1OC. The summed E-state index contributed by atoms with van der Waals surface area (Å²) in [6, 6.07) is 5.29. The molecule has 0 saturated heterocycles. The topological polar surface area (TPSA) is 56.5 Å². The van der Waals surface area contributed by atoms with Crippen LogP contribution in [0.1, 0.15) is 11.6 Å². The van der Waals surface area contributed by atoms with E-state index < -0.39 is 0 Å². The number of hydrogen-bond acceptors (Lipinski definition) is 4. The zero-order chi connectivity index (χ0) is 11.3. The predicted octanol–water partition coefficient (Wildman–Crippen LogP) is 1.50. The average molecular weight is 231 g/mol. The Morgan fingerprint density at radius 3 is 2.73 bits per heavy atom. The van der Waals surface area contributed by atoms with E-state index in [4.69, 9.17) is 26.9 Å². The molecule has 0 bridgehead atoms. The summed E-state index contributed by atoms with van der Waals surface area (Å²) in [5.74, 6) is 6.13. The molecule has 0 aliphatic carbocycles. The second-order valence-electron chi connectivity index (χ2n) is 3.06. The van der Waals surface area contributed by atoms with E-state index in [1.54, 1.807) is 26.4 Å². The van der Waals surface area contributed by atoms with Crippen molar-refractivity contribution in [1.82, 2.24) is 5.43 Å². The molecule has 0 aliphatic heterocycles. The number of halogens is 1. The van der Waals surface area contributed by atoms with Gasteiger partial charge in [0.15, 0.2) is 0 Å². The first kappa shape index (κ1) is 12.3. The van der Waals surface area contributed by atoms with Gasteiger partial charge in [0.05, 0.1) is 19.8 Å². The van der Waals surface area contributed by atoms with Gasteiger partial charge in [0.2, 0.25) is 0 Å². The maximum absolute atomic E-state index is 5.86. The number of nitrogens with one attached hydrogen (secondary N) is 1. The maximum atomic E-state index is 5.86. The Labute approximate surface area is 94.3 Å². The average Bonchev–Trinajstić information content (AvgIpc) is 2.26. The van der Waals surface area contributed by atoms with E-state index in [0.717, 1.165) is 5.56 Å². The summed E-state index contributed by atoms with van der Waals surface area (Å²) in [5, 5.41) is 0.629. The van der Waals surface area contributed by atoms with Gasteiger partial charge in [-0.3, -0.25) is 11.3 Å². The smallest absolute Gasteiger partial charge is 0.125 e. The molecule has 4 nitrogen and oxygen atoms in total. The van der Waals surface area contributed by atoms with Crippen molar-refractivity contribution in [1.29, 1.82) is 0 Å². The number of hydrazine groups is 1. The molecule has 84 valence electrons. The number of nitrogens with two attached hydrogens (primary N) is 1. The molecule has 0 aromatic heterocycles. The zero-order valence-corrected chi connectivity index (χ0v) is 9.54. The van der Waals surface area contributed by atoms with Crippen molar-refractivity contribution in [2.75, 3.05) is 20.8 Å². The quantitative estimate of drug-likeness (QED) is 0.595. The normalized spacial score (nSPS) is 12.5. The first-order chi connectivity index (χ1) is 7.22. The van der Waals surface area contributed by atoms with Gasteiger partial charge < -0.3 is 9.47 Å². The van der Waals surface area contributed by atoms with Crippen LogP contribution in [0, 0.1) is 0 Å². The largest absolute Gasteiger partial charge is 0.496 e. The summed E-state index contributed by atoms with van der Waals surface area (Å²) in [5.41, 5.74) is 3.59.